The van der Waals surface area contributed by atoms with Crippen LogP contribution in [0.2, 0.25) is 0 Å². The highest BCUT2D eigenvalue weighted by Crippen LogP contribution is 2.34. The topological polar surface area (TPSA) is 50.4 Å². The highest BCUT2D eigenvalue weighted by Gasteiger charge is 2.31. The van der Waals surface area contributed by atoms with Gasteiger partial charge in [-0.3, -0.25) is 4.99 Å². The zero-order chi connectivity index (χ0) is 14.4. The fourth-order valence-electron chi connectivity index (χ4n) is 2.71. The Labute approximate surface area is 117 Å². The van der Waals surface area contributed by atoms with E-state index in [2.05, 4.69) is 42.5 Å². The Bertz CT molecular complexity index is 393. The molecule has 0 bridgehead atoms. The lowest BCUT2D eigenvalue weighted by molar-refractivity contribution is 0.457. The van der Waals surface area contributed by atoms with Crippen LogP contribution in [-0.2, 0) is 0 Å². The van der Waals surface area contributed by atoms with Crippen molar-refractivity contribution in [1.29, 1.82) is 0 Å². The van der Waals surface area contributed by atoms with Gasteiger partial charge < -0.3 is 11.1 Å². The van der Waals surface area contributed by atoms with Gasteiger partial charge in [0.05, 0.1) is 6.54 Å². The van der Waals surface area contributed by atoms with Crippen molar-refractivity contribution in [1.82, 2.24) is 5.32 Å². The van der Waals surface area contributed by atoms with Crippen LogP contribution < -0.4 is 11.1 Å². The van der Waals surface area contributed by atoms with Crippen LogP contribution in [0.3, 0.4) is 0 Å². The van der Waals surface area contributed by atoms with Crippen LogP contribution in [0, 0.1) is 11.8 Å². The Morgan fingerprint density at radius 1 is 1.42 bits per heavy atom. The van der Waals surface area contributed by atoms with Crippen LogP contribution in [0.25, 0.3) is 0 Å². The van der Waals surface area contributed by atoms with Crippen molar-refractivity contribution in [2.45, 2.75) is 32.7 Å². The van der Waals surface area contributed by atoms with Gasteiger partial charge >= 0.3 is 0 Å². The lowest BCUT2D eigenvalue weighted by Gasteiger charge is -2.19. The zero-order valence-electron chi connectivity index (χ0n) is 12.4. The number of allylic oxidation sites excluding steroid dienone is 2. The average molecular weight is 261 g/mol. The lowest BCUT2D eigenvalue weighted by Crippen LogP contribution is -2.29. The van der Waals surface area contributed by atoms with E-state index in [1.807, 2.05) is 14.0 Å². The fourth-order valence-corrected chi connectivity index (χ4v) is 2.71. The van der Waals surface area contributed by atoms with Gasteiger partial charge in [-0.2, -0.15) is 0 Å². The first-order valence-corrected chi connectivity index (χ1v) is 6.92. The standard InChI is InChI=1S/C16H27N3/c1-6-15-14(7-8-16(15)18-5)9-11(2)13(4)19-10-12(3)17/h6,9,14-16,18H,1,3,7-8,10,17H2,2,4-5H3/b11-9+,19-13?. The zero-order valence-corrected chi connectivity index (χ0v) is 12.4. The molecule has 0 aromatic rings. The molecule has 0 amide bonds. The largest absolute Gasteiger partial charge is 0.401 e. The molecular formula is C16H27N3. The Hall–Kier alpha value is -1.35. The second-order valence-corrected chi connectivity index (χ2v) is 5.36. The maximum Gasteiger partial charge on any atom is 0.0781 e. The molecule has 1 aliphatic rings. The minimum Gasteiger partial charge on any atom is -0.401 e. The third-order valence-electron chi connectivity index (χ3n) is 3.97. The molecule has 1 aliphatic carbocycles. The van der Waals surface area contributed by atoms with Crippen molar-refractivity contribution in [3.8, 4) is 0 Å². The summed E-state index contributed by atoms with van der Waals surface area (Å²) < 4.78 is 0. The van der Waals surface area contributed by atoms with Gasteiger partial charge in [-0.25, -0.2) is 0 Å². The fraction of sp³-hybridized carbons (Fsp3) is 0.562. The second kappa shape index (κ2) is 7.29. The molecule has 3 N–H and O–H groups in total. The van der Waals surface area contributed by atoms with Crippen LogP contribution in [0.5, 0.6) is 0 Å². The first kappa shape index (κ1) is 15.7. The predicted octanol–water partition coefficient (Wildman–Crippen LogP) is 2.67. The molecule has 0 saturated heterocycles. The molecule has 1 saturated carbocycles. The third-order valence-corrected chi connectivity index (χ3v) is 3.97. The van der Waals surface area contributed by atoms with Crippen molar-refractivity contribution in [3.63, 3.8) is 0 Å². The molecule has 0 spiro atoms. The normalized spacial score (nSPS) is 28.5. The van der Waals surface area contributed by atoms with Crippen molar-refractivity contribution in [3.05, 3.63) is 36.6 Å². The van der Waals surface area contributed by atoms with Crippen LogP contribution in [0.4, 0.5) is 0 Å². The molecule has 1 rings (SSSR count). The van der Waals surface area contributed by atoms with E-state index in [4.69, 9.17) is 5.73 Å². The highest BCUT2D eigenvalue weighted by atomic mass is 14.9. The first-order chi connectivity index (χ1) is 8.99. The van der Waals surface area contributed by atoms with Gasteiger partial charge in [-0.05, 0) is 51.1 Å². The van der Waals surface area contributed by atoms with E-state index in [0.29, 0.717) is 30.1 Å². The summed E-state index contributed by atoms with van der Waals surface area (Å²) in [5.74, 6) is 1.07. The lowest BCUT2D eigenvalue weighted by atomic mass is 9.91. The number of aliphatic imine (C=N–C) groups is 1. The van der Waals surface area contributed by atoms with Crippen molar-refractivity contribution < 1.29 is 0 Å². The van der Waals surface area contributed by atoms with Crippen LogP contribution in [0.15, 0.2) is 41.6 Å². The van der Waals surface area contributed by atoms with E-state index in [1.165, 1.54) is 18.4 Å². The second-order valence-electron chi connectivity index (χ2n) is 5.36. The molecular weight excluding hydrogens is 234 g/mol. The molecule has 1 fully saturated rings. The Kier molecular flexibility index (Phi) is 6.03. The Morgan fingerprint density at radius 3 is 2.63 bits per heavy atom. The maximum absolute atomic E-state index is 5.54. The van der Waals surface area contributed by atoms with Gasteiger partial charge in [-0.1, -0.05) is 18.7 Å². The van der Waals surface area contributed by atoms with Crippen LogP contribution in [-0.4, -0.2) is 25.3 Å². The van der Waals surface area contributed by atoms with Crippen LogP contribution in [0.1, 0.15) is 26.7 Å². The molecule has 3 unspecified atom stereocenters. The number of nitrogens with one attached hydrogen (secondary N) is 1. The molecule has 106 valence electrons. The number of nitrogens with zero attached hydrogens (tertiary/aromatic N) is 1. The van der Waals surface area contributed by atoms with E-state index in [1.54, 1.807) is 0 Å². The molecule has 0 radical (unpaired) electrons. The van der Waals surface area contributed by atoms with Gasteiger partial charge in [0.15, 0.2) is 0 Å². The van der Waals surface area contributed by atoms with Gasteiger partial charge in [0.2, 0.25) is 0 Å². The van der Waals surface area contributed by atoms with E-state index >= 15 is 0 Å². The van der Waals surface area contributed by atoms with Crippen molar-refractivity contribution in [2.24, 2.45) is 22.6 Å². The highest BCUT2D eigenvalue weighted by molar-refractivity contribution is 5.97. The van der Waals surface area contributed by atoms with Gasteiger partial charge in [0, 0.05) is 17.5 Å². The first-order valence-electron chi connectivity index (χ1n) is 6.92. The molecule has 19 heavy (non-hydrogen) atoms. The number of rotatable bonds is 6. The monoisotopic (exact) mass is 261 g/mol. The molecule has 3 nitrogen and oxygen atoms in total. The SMILES string of the molecule is C=CC1C(/C=C(\C)C(C)=NCC(=C)N)CCC1NC. The van der Waals surface area contributed by atoms with E-state index in [9.17, 15) is 0 Å². The van der Waals surface area contributed by atoms with Gasteiger partial charge in [0.1, 0.15) is 0 Å². The third kappa shape index (κ3) is 4.35. The summed E-state index contributed by atoms with van der Waals surface area (Å²) in [4.78, 5) is 4.44. The summed E-state index contributed by atoms with van der Waals surface area (Å²) in [7, 11) is 2.03. The molecule has 0 heterocycles. The number of hydrogen-bond donors (Lipinski definition) is 2. The molecule has 3 atom stereocenters. The van der Waals surface area contributed by atoms with E-state index in [-0.39, 0.29) is 0 Å². The summed E-state index contributed by atoms with van der Waals surface area (Å²) in [5.41, 5.74) is 8.42. The smallest absolute Gasteiger partial charge is 0.0781 e. The van der Waals surface area contributed by atoms with Gasteiger partial charge in [-0.15, -0.1) is 6.58 Å². The van der Waals surface area contributed by atoms with E-state index in [0.717, 1.165) is 5.71 Å². The minimum absolute atomic E-state index is 0.506. The number of hydrogen-bond acceptors (Lipinski definition) is 3. The van der Waals surface area contributed by atoms with Gasteiger partial charge in [0.25, 0.3) is 0 Å². The molecule has 0 aliphatic heterocycles. The predicted molar refractivity (Wildman–Crippen MR) is 84.3 cm³/mol. The molecule has 0 aromatic carbocycles. The number of nitrogens with two attached hydrogens (primary N) is 1. The summed E-state index contributed by atoms with van der Waals surface area (Å²) in [5, 5.41) is 3.38. The molecule has 3 heteroatoms. The summed E-state index contributed by atoms with van der Waals surface area (Å²) in [6.07, 6.45) is 6.83. The Balaban J connectivity index is 2.75. The maximum atomic E-state index is 5.54. The summed E-state index contributed by atoms with van der Waals surface area (Å²) in [6, 6.07) is 0.549. The quantitative estimate of drug-likeness (QED) is 0.570. The van der Waals surface area contributed by atoms with Crippen molar-refractivity contribution >= 4 is 5.71 Å². The van der Waals surface area contributed by atoms with E-state index < -0.39 is 0 Å². The Morgan fingerprint density at radius 2 is 2.11 bits per heavy atom. The van der Waals surface area contributed by atoms with Crippen LogP contribution >= 0.6 is 0 Å². The molecule has 0 aromatic heterocycles. The average Bonchev–Trinajstić information content (AvgIpc) is 2.77. The minimum atomic E-state index is 0.506. The summed E-state index contributed by atoms with van der Waals surface area (Å²) in [6.45, 7) is 12.3. The summed E-state index contributed by atoms with van der Waals surface area (Å²) >= 11 is 0. The van der Waals surface area contributed by atoms with Crippen molar-refractivity contribution in [2.75, 3.05) is 13.6 Å².